The zero-order valence-corrected chi connectivity index (χ0v) is 6.47. The van der Waals surface area contributed by atoms with Crippen molar-refractivity contribution < 1.29 is 4.79 Å². The van der Waals surface area contributed by atoms with Crippen molar-refractivity contribution in [1.29, 1.82) is 0 Å². The van der Waals surface area contributed by atoms with E-state index in [4.69, 9.17) is 0 Å². The van der Waals surface area contributed by atoms with Gasteiger partial charge in [-0.25, -0.2) is 0 Å². The summed E-state index contributed by atoms with van der Waals surface area (Å²) in [4.78, 5) is 11.4. The molecule has 10 heavy (non-hydrogen) atoms. The van der Waals surface area contributed by atoms with Crippen molar-refractivity contribution in [2.75, 3.05) is 0 Å². The van der Waals surface area contributed by atoms with Crippen molar-refractivity contribution >= 4 is 5.78 Å². The van der Waals surface area contributed by atoms with Gasteiger partial charge in [-0.2, -0.15) is 0 Å². The van der Waals surface area contributed by atoms with E-state index in [9.17, 15) is 4.79 Å². The number of Topliss-reactive ketones (excluding diaryl/α,β-unsaturated/α-hetero) is 1. The predicted octanol–water partition coefficient (Wildman–Crippen LogP) is 2.01. The summed E-state index contributed by atoms with van der Waals surface area (Å²) in [6, 6.07) is 0. The molecule has 0 aliphatic heterocycles. The largest absolute Gasteiger partial charge is 0.299 e. The van der Waals surface area contributed by atoms with Crippen LogP contribution in [0.1, 0.15) is 32.6 Å². The molecule has 2 aliphatic carbocycles. The van der Waals surface area contributed by atoms with Crippen molar-refractivity contribution in [3.05, 3.63) is 0 Å². The van der Waals surface area contributed by atoms with Gasteiger partial charge in [-0.05, 0) is 25.2 Å². The molecule has 1 nitrogen and oxygen atoms in total. The molecule has 56 valence electrons. The number of carbonyl (C=O) groups excluding carboxylic acids is 1. The van der Waals surface area contributed by atoms with Crippen LogP contribution in [0.15, 0.2) is 0 Å². The molecular weight excluding hydrogens is 124 g/mol. The van der Waals surface area contributed by atoms with Crippen LogP contribution in [0.3, 0.4) is 0 Å². The third-order valence-electron chi connectivity index (χ3n) is 3.27. The molecule has 2 fully saturated rings. The lowest BCUT2D eigenvalue weighted by atomic mass is 9.88. The predicted molar refractivity (Wildman–Crippen MR) is 39.6 cm³/mol. The number of hydrogen-bond donors (Lipinski definition) is 0. The molecule has 2 saturated carbocycles. The lowest BCUT2D eigenvalue weighted by Crippen LogP contribution is -2.10. The van der Waals surface area contributed by atoms with Gasteiger partial charge >= 0.3 is 0 Å². The van der Waals surface area contributed by atoms with Crippen LogP contribution in [-0.2, 0) is 4.79 Å². The number of carbonyl (C=O) groups is 1. The Bertz CT molecular complexity index is 158. The molecule has 0 aromatic heterocycles. The van der Waals surface area contributed by atoms with Gasteiger partial charge in [-0.3, -0.25) is 4.79 Å². The molecule has 0 aromatic carbocycles. The minimum absolute atomic E-state index is 0.396. The van der Waals surface area contributed by atoms with Crippen molar-refractivity contribution in [3.8, 4) is 0 Å². The second kappa shape index (κ2) is 2.08. The topological polar surface area (TPSA) is 17.1 Å². The van der Waals surface area contributed by atoms with Gasteiger partial charge in [0.1, 0.15) is 5.78 Å². The van der Waals surface area contributed by atoms with Crippen LogP contribution in [0.4, 0.5) is 0 Å². The van der Waals surface area contributed by atoms with Gasteiger partial charge in [-0.15, -0.1) is 0 Å². The highest BCUT2D eigenvalue weighted by molar-refractivity contribution is 5.85. The molecule has 2 bridgehead atoms. The van der Waals surface area contributed by atoms with Crippen LogP contribution in [0, 0.1) is 17.8 Å². The molecule has 0 radical (unpaired) electrons. The van der Waals surface area contributed by atoms with E-state index in [1.165, 1.54) is 25.7 Å². The van der Waals surface area contributed by atoms with Crippen LogP contribution in [0.2, 0.25) is 0 Å². The number of fused-ring (bicyclic) bond motifs is 2. The van der Waals surface area contributed by atoms with Gasteiger partial charge in [0.05, 0.1) is 0 Å². The van der Waals surface area contributed by atoms with Crippen molar-refractivity contribution in [1.82, 2.24) is 0 Å². The summed E-state index contributed by atoms with van der Waals surface area (Å²) in [6.07, 6.45) is 4.99. The highest BCUT2D eigenvalue weighted by atomic mass is 16.1. The Morgan fingerprint density at radius 1 is 1.40 bits per heavy atom. The van der Waals surface area contributed by atoms with E-state index in [0.29, 0.717) is 17.6 Å². The lowest BCUT2D eigenvalue weighted by Gasteiger charge is -2.17. The maximum atomic E-state index is 11.4. The minimum Gasteiger partial charge on any atom is -0.299 e. The normalized spacial score (nSPS) is 46.1. The first kappa shape index (κ1) is 6.38. The summed E-state index contributed by atoms with van der Waals surface area (Å²) in [6.45, 7) is 2.11. The molecule has 0 heterocycles. The minimum atomic E-state index is 0.396. The summed E-state index contributed by atoms with van der Waals surface area (Å²) < 4.78 is 0. The van der Waals surface area contributed by atoms with Crippen LogP contribution in [0.5, 0.6) is 0 Å². The zero-order valence-electron chi connectivity index (χ0n) is 6.47. The van der Waals surface area contributed by atoms with E-state index in [1.54, 1.807) is 0 Å². The van der Waals surface area contributed by atoms with Gasteiger partial charge in [0.15, 0.2) is 0 Å². The Morgan fingerprint density at radius 2 is 2.20 bits per heavy atom. The van der Waals surface area contributed by atoms with Gasteiger partial charge in [0.25, 0.3) is 0 Å². The van der Waals surface area contributed by atoms with Crippen LogP contribution < -0.4 is 0 Å². The number of rotatable bonds is 0. The number of ketones is 1. The third kappa shape index (κ3) is 0.727. The molecule has 0 unspecified atom stereocenters. The number of hydrogen-bond acceptors (Lipinski definition) is 1. The first-order valence-corrected chi connectivity index (χ1v) is 4.33. The van der Waals surface area contributed by atoms with Gasteiger partial charge < -0.3 is 0 Å². The van der Waals surface area contributed by atoms with Crippen LogP contribution >= 0.6 is 0 Å². The van der Waals surface area contributed by atoms with E-state index >= 15 is 0 Å². The molecule has 2 rings (SSSR count). The molecule has 2 aliphatic rings. The van der Waals surface area contributed by atoms with Gasteiger partial charge in [0.2, 0.25) is 0 Å². The Morgan fingerprint density at radius 3 is 2.80 bits per heavy atom. The fourth-order valence-electron chi connectivity index (χ4n) is 2.54. The Kier molecular flexibility index (Phi) is 1.33. The molecule has 0 N–H and O–H groups in total. The van der Waals surface area contributed by atoms with E-state index in [0.717, 1.165) is 5.92 Å². The zero-order chi connectivity index (χ0) is 7.14. The Balaban J connectivity index is 2.21. The summed E-state index contributed by atoms with van der Waals surface area (Å²) in [5.74, 6) is 2.18. The highest BCUT2D eigenvalue weighted by Crippen LogP contribution is 2.42. The van der Waals surface area contributed by atoms with Gasteiger partial charge in [0, 0.05) is 11.8 Å². The van der Waals surface area contributed by atoms with E-state index in [-0.39, 0.29) is 0 Å². The van der Waals surface area contributed by atoms with Gasteiger partial charge in [-0.1, -0.05) is 13.3 Å². The van der Waals surface area contributed by atoms with Crippen LogP contribution in [-0.4, -0.2) is 5.78 Å². The molecular formula is C9H14O. The maximum Gasteiger partial charge on any atom is 0.139 e. The average molecular weight is 138 g/mol. The van der Waals surface area contributed by atoms with Crippen molar-refractivity contribution in [2.45, 2.75) is 32.6 Å². The van der Waals surface area contributed by atoms with Crippen molar-refractivity contribution in [2.24, 2.45) is 17.8 Å². The third-order valence-corrected chi connectivity index (χ3v) is 3.27. The summed E-state index contributed by atoms with van der Waals surface area (Å²) in [5, 5.41) is 0. The summed E-state index contributed by atoms with van der Waals surface area (Å²) in [5.41, 5.74) is 0. The highest BCUT2D eigenvalue weighted by Gasteiger charge is 2.41. The van der Waals surface area contributed by atoms with E-state index < -0.39 is 0 Å². The smallest absolute Gasteiger partial charge is 0.139 e. The molecule has 1 heteroatoms. The molecule has 0 amide bonds. The summed E-state index contributed by atoms with van der Waals surface area (Å²) >= 11 is 0. The fraction of sp³-hybridized carbons (Fsp3) is 0.889. The van der Waals surface area contributed by atoms with E-state index in [1.807, 2.05) is 0 Å². The SMILES string of the molecule is C[C@@H]1C(=O)[C@@H]2CCC[C@H]1C2. The Hall–Kier alpha value is -0.330. The van der Waals surface area contributed by atoms with Crippen molar-refractivity contribution in [3.63, 3.8) is 0 Å². The first-order chi connectivity index (χ1) is 4.79. The second-order valence-electron chi connectivity index (χ2n) is 3.81. The lowest BCUT2D eigenvalue weighted by molar-refractivity contribution is -0.123. The molecule has 0 saturated heterocycles. The quantitative estimate of drug-likeness (QED) is 0.500. The second-order valence-corrected chi connectivity index (χ2v) is 3.81. The first-order valence-electron chi connectivity index (χ1n) is 4.33. The Labute approximate surface area is 61.8 Å². The maximum absolute atomic E-state index is 11.4. The van der Waals surface area contributed by atoms with Crippen LogP contribution in [0.25, 0.3) is 0 Å². The molecule has 0 spiro atoms. The molecule has 3 atom stereocenters. The summed E-state index contributed by atoms with van der Waals surface area (Å²) in [7, 11) is 0. The fourth-order valence-corrected chi connectivity index (χ4v) is 2.54. The molecule has 0 aromatic rings. The average Bonchev–Trinajstić information content (AvgIpc) is 2.17. The van der Waals surface area contributed by atoms with E-state index in [2.05, 4.69) is 6.92 Å². The standard InChI is InChI=1S/C9H14O/c1-6-7-3-2-4-8(5-7)9(6)10/h6-8H,2-5H2,1H3/t6-,7-,8+/m0/s1. The monoisotopic (exact) mass is 138 g/mol.